The Morgan fingerprint density at radius 3 is 3.00 bits per heavy atom. The van der Waals surface area contributed by atoms with Gasteiger partial charge < -0.3 is 4.74 Å². The molecule has 0 aliphatic heterocycles. The lowest BCUT2D eigenvalue weighted by Crippen LogP contribution is -2.06. The van der Waals surface area contributed by atoms with E-state index in [9.17, 15) is 9.18 Å². The number of ether oxygens (including phenoxy) is 1. The van der Waals surface area contributed by atoms with E-state index in [0.717, 1.165) is 4.90 Å². The van der Waals surface area contributed by atoms with Crippen LogP contribution in [0.1, 0.15) is 6.92 Å². The molecule has 0 N–H and O–H groups in total. The predicted octanol–water partition coefficient (Wildman–Crippen LogP) is 2.48. The van der Waals surface area contributed by atoms with Crippen molar-refractivity contribution in [1.29, 1.82) is 0 Å². The molecule has 4 heteroatoms. The summed E-state index contributed by atoms with van der Waals surface area (Å²) in [5.74, 6) is -0.349. The van der Waals surface area contributed by atoms with E-state index in [4.69, 9.17) is 4.74 Å². The van der Waals surface area contributed by atoms with Crippen LogP contribution in [0.3, 0.4) is 0 Å². The summed E-state index contributed by atoms with van der Waals surface area (Å²) in [4.78, 5) is 11.7. The van der Waals surface area contributed by atoms with E-state index in [0.29, 0.717) is 6.61 Å². The second-order valence-electron chi connectivity index (χ2n) is 2.55. The van der Waals surface area contributed by atoms with Crippen LogP contribution in [0.4, 0.5) is 4.39 Å². The summed E-state index contributed by atoms with van der Waals surface area (Å²) >= 11 is 1.27. The highest BCUT2D eigenvalue weighted by atomic mass is 32.2. The van der Waals surface area contributed by atoms with Crippen LogP contribution in [0.5, 0.6) is 0 Å². The van der Waals surface area contributed by atoms with E-state index in [2.05, 4.69) is 0 Å². The van der Waals surface area contributed by atoms with Crippen LogP contribution in [0.25, 0.3) is 0 Å². The third-order valence-electron chi connectivity index (χ3n) is 1.46. The van der Waals surface area contributed by atoms with Gasteiger partial charge in [0.1, 0.15) is 5.82 Å². The van der Waals surface area contributed by atoms with Crippen molar-refractivity contribution in [3.63, 3.8) is 0 Å². The molecule has 0 aromatic heterocycles. The van der Waals surface area contributed by atoms with Crippen LogP contribution >= 0.6 is 11.8 Å². The number of benzene rings is 1. The molecule has 0 aliphatic carbocycles. The summed E-state index contributed by atoms with van der Waals surface area (Å²) in [7, 11) is 0. The van der Waals surface area contributed by atoms with Crippen molar-refractivity contribution >= 4 is 17.7 Å². The minimum absolute atomic E-state index is 0.220. The minimum atomic E-state index is -0.293. The van der Waals surface area contributed by atoms with E-state index >= 15 is 0 Å². The molecule has 76 valence electrons. The van der Waals surface area contributed by atoms with Gasteiger partial charge in [-0.3, -0.25) is 4.79 Å². The van der Waals surface area contributed by atoms with Gasteiger partial charge in [-0.15, -0.1) is 11.8 Å². The summed E-state index contributed by atoms with van der Waals surface area (Å²) in [5.41, 5.74) is 0. The molecule has 0 heterocycles. The molecule has 1 aromatic rings. The van der Waals surface area contributed by atoms with Crippen molar-refractivity contribution in [3.8, 4) is 0 Å². The molecule has 0 spiro atoms. The molecule has 0 atom stereocenters. The summed E-state index contributed by atoms with van der Waals surface area (Å²) < 4.78 is 17.5. The van der Waals surface area contributed by atoms with Gasteiger partial charge >= 0.3 is 5.97 Å². The molecule has 1 aromatic carbocycles. The lowest BCUT2D eigenvalue weighted by Gasteiger charge is -2.01. The SMILES string of the molecule is CCOC(=O)CSc1cccc(F)c1. The van der Waals surface area contributed by atoms with Gasteiger partial charge in [0.15, 0.2) is 0 Å². The molecular formula is C10H11FO2S. The smallest absolute Gasteiger partial charge is 0.316 e. The zero-order chi connectivity index (χ0) is 10.4. The van der Waals surface area contributed by atoms with E-state index in [1.807, 2.05) is 0 Å². The molecule has 2 nitrogen and oxygen atoms in total. The first-order valence-corrected chi connectivity index (χ1v) is 5.25. The number of carbonyl (C=O) groups is 1. The molecule has 0 saturated heterocycles. The van der Waals surface area contributed by atoms with Gasteiger partial charge in [-0.1, -0.05) is 6.07 Å². The van der Waals surface area contributed by atoms with Crippen LogP contribution in [-0.2, 0) is 9.53 Å². The summed E-state index contributed by atoms with van der Waals surface area (Å²) in [6, 6.07) is 6.13. The van der Waals surface area contributed by atoms with Crippen LogP contribution in [-0.4, -0.2) is 18.3 Å². The highest BCUT2D eigenvalue weighted by molar-refractivity contribution is 8.00. The fourth-order valence-corrected chi connectivity index (χ4v) is 1.64. The topological polar surface area (TPSA) is 26.3 Å². The second-order valence-corrected chi connectivity index (χ2v) is 3.60. The normalized spacial score (nSPS) is 9.86. The largest absolute Gasteiger partial charge is 0.465 e. The fraction of sp³-hybridized carbons (Fsp3) is 0.300. The van der Waals surface area contributed by atoms with Crippen molar-refractivity contribution in [3.05, 3.63) is 30.1 Å². The highest BCUT2D eigenvalue weighted by Crippen LogP contribution is 2.18. The summed E-state index contributed by atoms with van der Waals surface area (Å²) in [5, 5.41) is 0. The lowest BCUT2D eigenvalue weighted by atomic mass is 10.4. The number of esters is 1. The van der Waals surface area contributed by atoms with Crippen molar-refractivity contribution in [2.45, 2.75) is 11.8 Å². The van der Waals surface area contributed by atoms with E-state index in [1.54, 1.807) is 19.1 Å². The molecule has 0 saturated carbocycles. The first-order chi connectivity index (χ1) is 6.72. The Morgan fingerprint density at radius 1 is 1.57 bits per heavy atom. The van der Waals surface area contributed by atoms with Gasteiger partial charge in [-0.2, -0.15) is 0 Å². The van der Waals surface area contributed by atoms with Crippen molar-refractivity contribution in [1.82, 2.24) is 0 Å². The van der Waals surface area contributed by atoms with Crippen molar-refractivity contribution in [2.24, 2.45) is 0 Å². The lowest BCUT2D eigenvalue weighted by molar-refractivity contribution is -0.139. The first-order valence-electron chi connectivity index (χ1n) is 4.26. The van der Waals surface area contributed by atoms with Gasteiger partial charge in [0, 0.05) is 4.90 Å². The van der Waals surface area contributed by atoms with Gasteiger partial charge in [0.2, 0.25) is 0 Å². The first kappa shape index (κ1) is 11.0. The molecule has 0 fully saturated rings. The Labute approximate surface area is 86.5 Å². The third kappa shape index (κ3) is 3.79. The van der Waals surface area contributed by atoms with Crippen LogP contribution in [0.2, 0.25) is 0 Å². The van der Waals surface area contributed by atoms with Gasteiger partial charge in [0.05, 0.1) is 12.4 Å². The number of hydrogen-bond acceptors (Lipinski definition) is 3. The maximum atomic E-state index is 12.7. The van der Waals surface area contributed by atoms with Crippen LogP contribution in [0.15, 0.2) is 29.2 Å². The maximum Gasteiger partial charge on any atom is 0.316 e. The Bertz CT molecular complexity index is 315. The number of rotatable bonds is 4. The number of halogens is 1. The molecular weight excluding hydrogens is 203 g/mol. The standard InChI is InChI=1S/C10H11FO2S/c1-2-13-10(12)7-14-9-5-3-4-8(11)6-9/h3-6H,2,7H2,1H3. The third-order valence-corrected chi connectivity index (χ3v) is 2.43. The molecule has 0 unspecified atom stereocenters. The molecule has 14 heavy (non-hydrogen) atoms. The van der Waals surface area contributed by atoms with Gasteiger partial charge in [-0.05, 0) is 25.1 Å². The monoisotopic (exact) mass is 214 g/mol. The zero-order valence-corrected chi connectivity index (χ0v) is 8.64. The molecule has 0 amide bonds. The highest BCUT2D eigenvalue weighted by Gasteiger charge is 2.03. The Morgan fingerprint density at radius 2 is 2.36 bits per heavy atom. The van der Waals surface area contributed by atoms with Crippen molar-refractivity contribution < 1.29 is 13.9 Å². The Balaban J connectivity index is 2.41. The van der Waals surface area contributed by atoms with E-state index in [1.165, 1.54) is 23.9 Å². The molecule has 0 bridgehead atoms. The van der Waals surface area contributed by atoms with Crippen LogP contribution in [0, 0.1) is 5.82 Å². The second kappa shape index (κ2) is 5.65. The number of carbonyl (C=O) groups excluding carboxylic acids is 1. The van der Waals surface area contributed by atoms with Crippen LogP contribution < -0.4 is 0 Å². The average Bonchev–Trinajstić information content (AvgIpc) is 2.15. The van der Waals surface area contributed by atoms with Crippen molar-refractivity contribution in [2.75, 3.05) is 12.4 Å². The van der Waals surface area contributed by atoms with Gasteiger partial charge in [0.25, 0.3) is 0 Å². The number of hydrogen-bond donors (Lipinski definition) is 0. The van der Waals surface area contributed by atoms with Gasteiger partial charge in [-0.25, -0.2) is 4.39 Å². The van der Waals surface area contributed by atoms with E-state index < -0.39 is 0 Å². The molecule has 1 rings (SSSR count). The maximum absolute atomic E-state index is 12.7. The van der Waals surface area contributed by atoms with E-state index in [-0.39, 0.29) is 17.5 Å². The predicted molar refractivity (Wildman–Crippen MR) is 53.8 cm³/mol. The molecule has 0 aliphatic rings. The zero-order valence-electron chi connectivity index (χ0n) is 7.83. The summed E-state index contributed by atoms with van der Waals surface area (Å²) in [6.45, 7) is 2.13. The molecule has 0 radical (unpaired) electrons. The fourth-order valence-electron chi connectivity index (χ4n) is 0.902. The summed E-state index contributed by atoms with van der Waals surface area (Å²) in [6.07, 6.45) is 0. The Kier molecular flexibility index (Phi) is 4.46. The quantitative estimate of drug-likeness (QED) is 0.569. The Hall–Kier alpha value is -1.03. The number of thioether (sulfide) groups is 1. The minimum Gasteiger partial charge on any atom is -0.465 e. The average molecular weight is 214 g/mol.